The van der Waals surface area contributed by atoms with Gasteiger partial charge in [-0.25, -0.2) is 0 Å². The first-order valence-electron chi connectivity index (χ1n) is 5.48. The summed E-state index contributed by atoms with van der Waals surface area (Å²) in [4.78, 5) is 0. The largest absolute Gasteiger partial charge is 0.378 e. The standard InChI is InChI=1S/C14H15N/c1-9-3-5-13-11(7-9)12-8-10(2)4-6-14(12)15-13/h3-8,11,13,15H,1-2H3. The molecule has 2 aliphatic rings. The van der Waals surface area contributed by atoms with Crippen LogP contribution in [0.1, 0.15) is 24.0 Å². The molecule has 1 aromatic rings. The van der Waals surface area contributed by atoms with Crippen LogP contribution in [0.25, 0.3) is 0 Å². The average molecular weight is 197 g/mol. The Morgan fingerprint density at radius 1 is 1.20 bits per heavy atom. The minimum Gasteiger partial charge on any atom is -0.378 e. The highest BCUT2D eigenvalue weighted by Gasteiger charge is 2.30. The van der Waals surface area contributed by atoms with Gasteiger partial charge in [-0.15, -0.1) is 0 Å². The van der Waals surface area contributed by atoms with Crippen molar-refractivity contribution in [2.45, 2.75) is 25.8 Å². The van der Waals surface area contributed by atoms with Gasteiger partial charge in [0, 0.05) is 11.6 Å². The van der Waals surface area contributed by atoms with Crippen molar-refractivity contribution in [3.63, 3.8) is 0 Å². The Bertz CT molecular complexity index is 468. The predicted molar refractivity (Wildman–Crippen MR) is 64.2 cm³/mol. The van der Waals surface area contributed by atoms with E-state index in [9.17, 15) is 0 Å². The zero-order valence-corrected chi connectivity index (χ0v) is 9.12. The van der Waals surface area contributed by atoms with Gasteiger partial charge in [-0.1, -0.05) is 41.5 Å². The predicted octanol–water partition coefficient (Wildman–Crippen LogP) is 3.39. The first kappa shape index (κ1) is 8.78. The maximum atomic E-state index is 3.55. The van der Waals surface area contributed by atoms with E-state index in [-0.39, 0.29) is 0 Å². The Balaban J connectivity index is 2.11. The van der Waals surface area contributed by atoms with Gasteiger partial charge >= 0.3 is 0 Å². The minimum absolute atomic E-state index is 0.463. The molecule has 1 heterocycles. The second-order valence-electron chi connectivity index (χ2n) is 4.56. The van der Waals surface area contributed by atoms with Crippen LogP contribution in [0.5, 0.6) is 0 Å². The van der Waals surface area contributed by atoms with Crippen LogP contribution in [0, 0.1) is 6.92 Å². The summed E-state index contributed by atoms with van der Waals surface area (Å²) < 4.78 is 0. The SMILES string of the molecule is CC1=CC2c3cc(C)ccc3NC2C=C1. The molecule has 1 aliphatic heterocycles. The summed E-state index contributed by atoms with van der Waals surface area (Å²) in [5.74, 6) is 0.532. The van der Waals surface area contributed by atoms with Crippen molar-refractivity contribution in [3.8, 4) is 0 Å². The summed E-state index contributed by atoms with van der Waals surface area (Å²) in [6.07, 6.45) is 6.84. The Morgan fingerprint density at radius 2 is 2.07 bits per heavy atom. The number of nitrogens with one attached hydrogen (secondary N) is 1. The van der Waals surface area contributed by atoms with Crippen LogP contribution < -0.4 is 5.32 Å². The molecule has 0 saturated carbocycles. The lowest BCUT2D eigenvalue weighted by atomic mass is 9.88. The number of allylic oxidation sites excluding steroid dienone is 2. The van der Waals surface area contributed by atoms with E-state index in [1.807, 2.05) is 0 Å². The Labute approximate surface area is 90.5 Å². The molecule has 2 atom stereocenters. The highest BCUT2D eigenvalue weighted by atomic mass is 15.0. The fraction of sp³-hybridized carbons (Fsp3) is 0.286. The summed E-state index contributed by atoms with van der Waals surface area (Å²) in [6.45, 7) is 4.32. The van der Waals surface area contributed by atoms with Gasteiger partial charge < -0.3 is 5.32 Å². The first-order chi connectivity index (χ1) is 7.24. The van der Waals surface area contributed by atoms with E-state index in [4.69, 9.17) is 0 Å². The highest BCUT2D eigenvalue weighted by molar-refractivity contribution is 5.64. The third-order valence-corrected chi connectivity index (χ3v) is 3.28. The molecule has 0 spiro atoms. The van der Waals surface area contributed by atoms with E-state index in [2.05, 4.69) is 55.6 Å². The lowest BCUT2D eigenvalue weighted by molar-refractivity contribution is 0.796. The summed E-state index contributed by atoms with van der Waals surface area (Å²) in [5.41, 5.74) is 5.46. The third-order valence-electron chi connectivity index (χ3n) is 3.28. The van der Waals surface area contributed by atoms with E-state index in [0.29, 0.717) is 12.0 Å². The van der Waals surface area contributed by atoms with Crippen molar-refractivity contribution in [2.24, 2.45) is 0 Å². The summed E-state index contributed by atoms with van der Waals surface area (Å²) in [6, 6.07) is 7.13. The number of fused-ring (bicyclic) bond motifs is 3. The van der Waals surface area contributed by atoms with Crippen molar-refractivity contribution in [3.05, 3.63) is 53.1 Å². The molecule has 1 N–H and O–H groups in total. The number of aryl methyl sites for hydroxylation is 1. The van der Waals surface area contributed by atoms with Gasteiger partial charge in [0.05, 0.1) is 6.04 Å². The van der Waals surface area contributed by atoms with Crippen LogP contribution in [0.2, 0.25) is 0 Å². The van der Waals surface area contributed by atoms with Gasteiger partial charge in [0.2, 0.25) is 0 Å². The molecule has 0 radical (unpaired) electrons. The highest BCUT2D eigenvalue weighted by Crippen LogP contribution is 2.40. The zero-order valence-electron chi connectivity index (χ0n) is 9.12. The van der Waals surface area contributed by atoms with Gasteiger partial charge in [-0.2, -0.15) is 0 Å². The van der Waals surface area contributed by atoms with E-state index >= 15 is 0 Å². The molecule has 3 rings (SSSR count). The fourth-order valence-electron chi connectivity index (χ4n) is 2.51. The van der Waals surface area contributed by atoms with Crippen LogP contribution in [0.3, 0.4) is 0 Å². The van der Waals surface area contributed by atoms with E-state index in [1.165, 1.54) is 22.4 Å². The fourth-order valence-corrected chi connectivity index (χ4v) is 2.51. The molecule has 76 valence electrons. The molecule has 0 amide bonds. The second-order valence-corrected chi connectivity index (χ2v) is 4.56. The zero-order chi connectivity index (χ0) is 10.4. The minimum atomic E-state index is 0.463. The monoisotopic (exact) mass is 197 g/mol. The van der Waals surface area contributed by atoms with Crippen LogP contribution in [-0.4, -0.2) is 6.04 Å². The average Bonchev–Trinajstić information content (AvgIpc) is 2.56. The van der Waals surface area contributed by atoms with Gasteiger partial charge in [-0.05, 0) is 25.5 Å². The molecule has 0 bridgehead atoms. The van der Waals surface area contributed by atoms with Crippen LogP contribution in [0.4, 0.5) is 5.69 Å². The van der Waals surface area contributed by atoms with Crippen molar-refractivity contribution in [1.82, 2.24) is 0 Å². The van der Waals surface area contributed by atoms with Gasteiger partial charge in [-0.3, -0.25) is 0 Å². The van der Waals surface area contributed by atoms with Crippen molar-refractivity contribution < 1.29 is 0 Å². The maximum Gasteiger partial charge on any atom is 0.0551 e. The normalized spacial score (nSPS) is 26.7. The molecular formula is C14H15N. The van der Waals surface area contributed by atoms with Crippen LogP contribution in [0.15, 0.2) is 42.0 Å². The summed E-state index contributed by atoms with van der Waals surface area (Å²) in [5, 5.41) is 3.55. The van der Waals surface area contributed by atoms with Gasteiger partial charge in [0.15, 0.2) is 0 Å². The van der Waals surface area contributed by atoms with Crippen LogP contribution in [-0.2, 0) is 0 Å². The number of anilines is 1. The molecule has 2 unspecified atom stereocenters. The van der Waals surface area contributed by atoms with Crippen molar-refractivity contribution >= 4 is 5.69 Å². The molecular weight excluding hydrogens is 182 g/mol. The van der Waals surface area contributed by atoms with Gasteiger partial charge in [0.25, 0.3) is 0 Å². The Morgan fingerprint density at radius 3 is 2.93 bits per heavy atom. The summed E-state index contributed by atoms with van der Waals surface area (Å²) >= 11 is 0. The van der Waals surface area contributed by atoms with Crippen molar-refractivity contribution in [1.29, 1.82) is 0 Å². The topological polar surface area (TPSA) is 12.0 Å². The number of benzene rings is 1. The van der Waals surface area contributed by atoms with E-state index < -0.39 is 0 Å². The number of hydrogen-bond acceptors (Lipinski definition) is 1. The number of rotatable bonds is 0. The van der Waals surface area contributed by atoms with Crippen LogP contribution >= 0.6 is 0 Å². The lowest BCUT2D eigenvalue weighted by Gasteiger charge is -2.18. The maximum absolute atomic E-state index is 3.55. The van der Waals surface area contributed by atoms with E-state index in [0.717, 1.165) is 0 Å². The second kappa shape index (κ2) is 2.99. The Kier molecular flexibility index (Phi) is 1.75. The Hall–Kier alpha value is -1.50. The van der Waals surface area contributed by atoms with E-state index in [1.54, 1.807) is 0 Å². The number of hydrogen-bond donors (Lipinski definition) is 1. The smallest absolute Gasteiger partial charge is 0.0551 e. The van der Waals surface area contributed by atoms with Gasteiger partial charge in [0.1, 0.15) is 0 Å². The molecule has 0 fully saturated rings. The van der Waals surface area contributed by atoms with Crippen molar-refractivity contribution in [2.75, 3.05) is 5.32 Å². The molecule has 0 aromatic heterocycles. The molecule has 15 heavy (non-hydrogen) atoms. The summed E-state index contributed by atoms with van der Waals surface area (Å²) in [7, 11) is 0. The third kappa shape index (κ3) is 1.30. The molecule has 1 aliphatic carbocycles. The molecule has 1 nitrogen and oxygen atoms in total. The quantitative estimate of drug-likeness (QED) is 0.672. The molecule has 1 aromatic carbocycles. The molecule has 0 saturated heterocycles. The lowest BCUT2D eigenvalue weighted by Crippen LogP contribution is -2.18. The first-order valence-corrected chi connectivity index (χ1v) is 5.48. The molecule has 1 heteroatoms.